The van der Waals surface area contributed by atoms with Crippen molar-refractivity contribution < 1.29 is 9.59 Å². The van der Waals surface area contributed by atoms with Crippen LogP contribution in [-0.4, -0.2) is 17.9 Å². The van der Waals surface area contributed by atoms with Gasteiger partial charge >= 0.3 is 0 Å². The zero-order valence-corrected chi connectivity index (χ0v) is 16.6. The van der Waals surface area contributed by atoms with Crippen LogP contribution >= 0.6 is 11.6 Å². The molecular weight excluding hydrogens is 372 g/mol. The summed E-state index contributed by atoms with van der Waals surface area (Å²) in [4.78, 5) is 28.3. The van der Waals surface area contributed by atoms with E-state index < -0.39 is 5.54 Å². The standard InChI is InChI=1S/C23H25ClN2O2/c24-18-11-13-20(14-12-18)26-21(27)15-16-23(26,17-7-3-1-4-8-17)22(28)25-19-9-5-2-6-10-19/h1,3-4,7-8,11-14,19H,2,5-6,9-10,15-16H2,(H,25,28). The van der Waals surface area contributed by atoms with Crippen molar-refractivity contribution in [3.05, 3.63) is 65.2 Å². The lowest BCUT2D eigenvalue weighted by Gasteiger charge is -2.39. The number of rotatable bonds is 4. The topological polar surface area (TPSA) is 49.4 Å². The molecule has 5 heteroatoms. The summed E-state index contributed by atoms with van der Waals surface area (Å²) in [6.07, 6.45) is 6.33. The van der Waals surface area contributed by atoms with E-state index in [9.17, 15) is 9.59 Å². The van der Waals surface area contributed by atoms with Crippen LogP contribution in [0.25, 0.3) is 0 Å². The van der Waals surface area contributed by atoms with E-state index in [2.05, 4.69) is 5.32 Å². The molecular formula is C23H25ClN2O2. The smallest absolute Gasteiger partial charge is 0.251 e. The molecule has 1 heterocycles. The summed E-state index contributed by atoms with van der Waals surface area (Å²) < 4.78 is 0. The molecule has 0 aromatic heterocycles. The molecule has 1 N–H and O–H groups in total. The first kappa shape index (κ1) is 19.0. The average Bonchev–Trinajstić information content (AvgIpc) is 3.08. The summed E-state index contributed by atoms with van der Waals surface area (Å²) in [7, 11) is 0. The molecule has 1 atom stereocenters. The third-order valence-corrected chi connectivity index (χ3v) is 6.24. The second-order valence-corrected chi connectivity index (χ2v) is 8.18. The van der Waals surface area contributed by atoms with Crippen molar-refractivity contribution in [3.8, 4) is 0 Å². The predicted octanol–water partition coefficient (Wildman–Crippen LogP) is 4.81. The molecule has 28 heavy (non-hydrogen) atoms. The second kappa shape index (κ2) is 7.96. The molecule has 4 rings (SSSR count). The zero-order valence-electron chi connectivity index (χ0n) is 15.9. The van der Waals surface area contributed by atoms with Gasteiger partial charge in [-0.3, -0.25) is 14.5 Å². The molecule has 0 bridgehead atoms. The molecule has 1 saturated heterocycles. The summed E-state index contributed by atoms with van der Waals surface area (Å²) in [6.45, 7) is 0. The minimum atomic E-state index is -1.02. The zero-order chi connectivity index (χ0) is 19.6. The fourth-order valence-corrected chi connectivity index (χ4v) is 4.69. The van der Waals surface area contributed by atoms with E-state index in [1.807, 2.05) is 42.5 Å². The van der Waals surface area contributed by atoms with Gasteiger partial charge < -0.3 is 5.32 Å². The molecule has 2 aromatic rings. The monoisotopic (exact) mass is 396 g/mol. The summed E-state index contributed by atoms with van der Waals surface area (Å²) in [5.41, 5.74) is 0.530. The van der Waals surface area contributed by atoms with Crippen molar-refractivity contribution in [1.82, 2.24) is 5.32 Å². The van der Waals surface area contributed by atoms with E-state index in [1.165, 1.54) is 6.42 Å². The number of carbonyl (C=O) groups is 2. The molecule has 1 saturated carbocycles. The minimum absolute atomic E-state index is 0.0371. The fourth-order valence-electron chi connectivity index (χ4n) is 4.56. The van der Waals surface area contributed by atoms with Crippen molar-refractivity contribution >= 4 is 29.1 Å². The lowest BCUT2D eigenvalue weighted by Crippen LogP contribution is -2.56. The Hall–Kier alpha value is -2.33. The number of amides is 2. The van der Waals surface area contributed by atoms with Gasteiger partial charge in [0.15, 0.2) is 5.54 Å². The van der Waals surface area contributed by atoms with Crippen LogP contribution in [0.2, 0.25) is 5.02 Å². The first-order chi connectivity index (χ1) is 13.6. The largest absolute Gasteiger partial charge is 0.351 e. The van der Waals surface area contributed by atoms with Crippen LogP contribution in [0.5, 0.6) is 0 Å². The van der Waals surface area contributed by atoms with Gasteiger partial charge in [0.25, 0.3) is 5.91 Å². The quantitative estimate of drug-likeness (QED) is 0.806. The molecule has 0 spiro atoms. The summed E-state index contributed by atoms with van der Waals surface area (Å²) in [5.74, 6) is -0.114. The second-order valence-electron chi connectivity index (χ2n) is 7.74. The Morgan fingerprint density at radius 2 is 1.68 bits per heavy atom. The molecule has 2 aromatic carbocycles. The molecule has 2 aliphatic rings. The highest BCUT2D eigenvalue weighted by atomic mass is 35.5. The van der Waals surface area contributed by atoms with Crippen LogP contribution in [0.1, 0.15) is 50.5 Å². The van der Waals surface area contributed by atoms with Crippen molar-refractivity contribution in [3.63, 3.8) is 0 Å². The van der Waals surface area contributed by atoms with Gasteiger partial charge in [0, 0.05) is 23.2 Å². The normalized spacial score (nSPS) is 23.0. The lowest BCUT2D eigenvalue weighted by atomic mass is 9.84. The first-order valence-electron chi connectivity index (χ1n) is 10.1. The van der Waals surface area contributed by atoms with Gasteiger partial charge in [-0.05, 0) is 49.1 Å². The molecule has 4 nitrogen and oxygen atoms in total. The Kier molecular flexibility index (Phi) is 5.40. The number of halogens is 1. The Morgan fingerprint density at radius 3 is 2.36 bits per heavy atom. The maximum absolute atomic E-state index is 13.7. The first-order valence-corrected chi connectivity index (χ1v) is 10.4. The minimum Gasteiger partial charge on any atom is -0.351 e. The van der Waals surface area contributed by atoms with Crippen molar-refractivity contribution in [2.75, 3.05) is 4.90 Å². The molecule has 2 amide bonds. The van der Waals surface area contributed by atoms with Crippen molar-refractivity contribution in [1.29, 1.82) is 0 Å². The summed E-state index contributed by atoms with van der Waals surface area (Å²) in [6, 6.07) is 17.0. The van der Waals surface area contributed by atoms with Gasteiger partial charge in [-0.1, -0.05) is 61.2 Å². The molecule has 146 valence electrons. The van der Waals surface area contributed by atoms with Gasteiger partial charge in [0.05, 0.1) is 0 Å². The Labute approximate surface area is 170 Å². The average molecular weight is 397 g/mol. The molecule has 0 radical (unpaired) electrons. The van der Waals surface area contributed by atoms with E-state index in [0.717, 1.165) is 31.2 Å². The number of carbonyl (C=O) groups excluding carboxylic acids is 2. The Morgan fingerprint density at radius 1 is 1.00 bits per heavy atom. The highest BCUT2D eigenvalue weighted by Gasteiger charge is 2.53. The Bertz CT molecular complexity index is 847. The molecule has 2 fully saturated rings. The number of benzene rings is 2. The van der Waals surface area contributed by atoms with E-state index in [-0.39, 0.29) is 17.9 Å². The van der Waals surface area contributed by atoms with Crippen LogP contribution < -0.4 is 10.2 Å². The number of nitrogens with zero attached hydrogens (tertiary/aromatic N) is 1. The van der Waals surface area contributed by atoms with E-state index in [4.69, 9.17) is 11.6 Å². The van der Waals surface area contributed by atoms with Gasteiger partial charge in [0.1, 0.15) is 0 Å². The number of anilines is 1. The van der Waals surface area contributed by atoms with Gasteiger partial charge in [-0.25, -0.2) is 0 Å². The van der Waals surface area contributed by atoms with E-state index >= 15 is 0 Å². The summed E-state index contributed by atoms with van der Waals surface area (Å²) >= 11 is 6.05. The van der Waals surface area contributed by atoms with Crippen LogP contribution in [0, 0.1) is 0 Å². The van der Waals surface area contributed by atoms with Crippen molar-refractivity contribution in [2.45, 2.75) is 56.5 Å². The van der Waals surface area contributed by atoms with E-state index in [1.54, 1.807) is 17.0 Å². The number of nitrogens with one attached hydrogen (secondary N) is 1. The van der Waals surface area contributed by atoms with Gasteiger partial charge in [-0.15, -0.1) is 0 Å². The van der Waals surface area contributed by atoms with Crippen LogP contribution in [0.3, 0.4) is 0 Å². The third kappa shape index (κ3) is 3.42. The maximum Gasteiger partial charge on any atom is 0.251 e. The Balaban J connectivity index is 1.77. The third-order valence-electron chi connectivity index (χ3n) is 5.98. The lowest BCUT2D eigenvalue weighted by molar-refractivity contribution is -0.129. The highest BCUT2D eigenvalue weighted by Crippen LogP contribution is 2.43. The van der Waals surface area contributed by atoms with Crippen LogP contribution in [0.15, 0.2) is 54.6 Å². The van der Waals surface area contributed by atoms with Crippen LogP contribution in [0.4, 0.5) is 5.69 Å². The van der Waals surface area contributed by atoms with E-state index in [0.29, 0.717) is 23.6 Å². The predicted molar refractivity (Wildman–Crippen MR) is 111 cm³/mol. The fraction of sp³-hybridized carbons (Fsp3) is 0.391. The molecule has 1 aliphatic carbocycles. The SMILES string of the molecule is O=C1CCC(C(=O)NC2CCCCC2)(c2ccccc2)N1c1ccc(Cl)cc1. The maximum atomic E-state index is 13.7. The molecule has 1 unspecified atom stereocenters. The van der Waals surface area contributed by atoms with Gasteiger partial charge in [0.2, 0.25) is 5.91 Å². The number of hydrogen-bond donors (Lipinski definition) is 1. The molecule has 1 aliphatic heterocycles. The number of hydrogen-bond acceptors (Lipinski definition) is 2. The van der Waals surface area contributed by atoms with Crippen molar-refractivity contribution in [2.24, 2.45) is 0 Å². The van der Waals surface area contributed by atoms with Crippen LogP contribution in [-0.2, 0) is 15.1 Å². The highest BCUT2D eigenvalue weighted by molar-refractivity contribution is 6.30. The summed E-state index contributed by atoms with van der Waals surface area (Å²) in [5, 5.41) is 3.88. The van der Waals surface area contributed by atoms with Gasteiger partial charge in [-0.2, -0.15) is 0 Å².